The molecule has 0 fully saturated rings. The van der Waals surface area contributed by atoms with Crippen molar-refractivity contribution < 1.29 is 13.2 Å². The van der Waals surface area contributed by atoms with Crippen LogP contribution in [-0.4, -0.2) is 45.6 Å². The van der Waals surface area contributed by atoms with Gasteiger partial charge >= 0.3 is 0 Å². The van der Waals surface area contributed by atoms with E-state index in [4.69, 9.17) is 4.74 Å². The topological polar surface area (TPSA) is 58.6 Å². The summed E-state index contributed by atoms with van der Waals surface area (Å²) in [5.41, 5.74) is 1.02. The van der Waals surface area contributed by atoms with Gasteiger partial charge in [0.05, 0.1) is 6.61 Å². The van der Waals surface area contributed by atoms with E-state index >= 15 is 0 Å². The predicted molar refractivity (Wildman–Crippen MR) is 87.3 cm³/mol. The van der Waals surface area contributed by atoms with Crippen molar-refractivity contribution in [3.63, 3.8) is 0 Å². The van der Waals surface area contributed by atoms with Crippen molar-refractivity contribution in [1.82, 2.24) is 9.62 Å². The molecule has 0 saturated heterocycles. The first-order valence-electron chi connectivity index (χ1n) is 7.15. The van der Waals surface area contributed by atoms with Crippen molar-refractivity contribution in [1.29, 1.82) is 0 Å². The molecule has 1 heterocycles. The zero-order valence-corrected chi connectivity index (χ0v) is 15.1. The summed E-state index contributed by atoms with van der Waals surface area (Å²) in [6.07, 6.45) is 0. The summed E-state index contributed by atoms with van der Waals surface area (Å²) >= 11 is 1.34. The van der Waals surface area contributed by atoms with Crippen LogP contribution < -0.4 is 5.32 Å². The van der Waals surface area contributed by atoms with Gasteiger partial charge < -0.3 is 10.1 Å². The van der Waals surface area contributed by atoms with Crippen molar-refractivity contribution in [2.45, 2.75) is 44.5 Å². The number of hydrogen-bond donors (Lipinski definition) is 1. The monoisotopic (exact) mass is 334 g/mol. The summed E-state index contributed by atoms with van der Waals surface area (Å²) in [6.45, 7) is 10.1. The van der Waals surface area contributed by atoms with Crippen LogP contribution in [-0.2, 0) is 21.3 Å². The highest BCUT2D eigenvalue weighted by Crippen LogP contribution is 2.28. The Balaban J connectivity index is 2.81. The van der Waals surface area contributed by atoms with Crippen molar-refractivity contribution in [2.75, 3.05) is 26.8 Å². The Bertz CT molecular complexity index is 538. The number of likely N-dealkylation sites (N-methyl/N-ethyl adjacent to an activating group) is 1. The fraction of sp³-hybridized carbons (Fsp3) is 0.714. The minimum Gasteiger partial charge on any atom is -0.380 e. The third kappa shape index (κ3) is 5.34. The van der Waals surface area contributed by atoms with E-state index < -0.39 is 10.0 Å². The van der Waals surface area contributed by atoms with Crippen LogP contribution >= 0.6 is 11.3 Å². The fourth-order valence-electron chi connectivity index (χ4n) is 1.70. The van der Waals surface area contributed by atoms with Gasteiger partial charge in [-0.05, 0) is 25.5 Å². The molecular formula is C14H26N2O3S2. The van der Waals surface area contributed by atoms with Crippen LogP contribution in [0.2, 0.25) is 0 Å². The maximum atomic E-state index is 12.5. The SMILES string of the molecule is CCOCCN(C)S(=O)(=O)c1cc(C)c(CNC(C)C)s1. The highest BCUT2D eigenvalue weighted by Gasteiger charge is 2.23. The summed E-state index contributed by atoms with van der Waals surface area (Å²) < 4.78 is 32.0. The van der Waals surface area contributed by atoms with Gasteiger partial charge in [-0.25, -0.2) is 8.42 Å². The summed E-state index contributed by atoms with van der Waals surface area (Å²) in [5.74, 6) is 0. The molecule has 122 valence electrons. The lowest BCUT2D eigenvalue weighted by molar-refractivity contribution is 0.138. The molecule has 0 aliphatic heterocycles. The molecule has 0 spiro atoms. The van der Waals surface area contributed by atoms with Gasteiger partial charge in [0, 0.05) is 37.7 Å². The first kappa shape index (κ1) is 18.6. The third-order valence-electron chi connectivity index (χ3n) is 3.09. The molecular weight excluding hydrogens is 308 g/mol. The molecule has 0 saturated carbocycles. The smallest absolute Gasteiger partial charge is 0.252 e. The van der Waals surface area contributed by atoms with Gasteiger partial charge in [0.25, 0.3) is 10.0 Å². The quantitative estimate of drug-likeness (QED) is 0.704. The molecule has 5 nitrogen and oxygen atoms in total. The molecule has 1 N–H and O–H groups in total. The first-order valence-corrected chi connectivity index (χ1v) is 9.41. The molecule has 0 aliphatic rings. The Morgan fingerprint density at radius 2 is 2.10 bits per heavy atom. The molecule has 0 unspecified atom stereocenters. The minimum absolute atomic E-state index is 0.368. The molecule has 0 amide bonds. The number of hydrogen-bond acceptors (Lipinski definition) is 5. The molecule has 7 heteroatoms. The maximum Gasteiger partial charge on any atom is 0.252 e. The second-order valence-electron chi connectivity index (χ2n) is 5.23. The van der Waals surface area contributed by atoms with Gasteiger partial charge in [0.15, 0.2) is 0 Å². The molecule has 0 aromatic carbocycles. The van der Waals surface area contributed by atoms with Crippen LogP contribution in [0.15, 0.2) is 10.3 Å². The second kappa shape index (κ2) is 8.24. The number of thiophene rings is 1. The fourth-order valence-corrected chi connectivity index (χ4v) is 4.61. The predicted octanol–water partition coefficient (Wildman–Crippen LogP) is 2.21. The minimum atomic E-state index is -3.42. The second-order valence-corrected chi connectivity index (χ2v) is 8.64. The van der Waals surface area contributed by atoms with E-state index in [1.807, 2.05) is 13.8 Å². The molecule has 1 rings (SSSR count). The van der Waals surface area contributed by atoms with E-state index in [1.165, 1.54) is 15.6 Å². The largest absolute Gasteiger partial charge is 0.380 e. The van der Waals surface area contributed by atoms with Crippen LogP contribution in [0.3, 0.4) is 0 Å². The summed E-state index contributed by atoms with van der Waals surface area (Å²) in [4.78, 5) is 1.07. The number of aryl methyl sites for hydroxylation is 1. The average Bonchev–Trinajstić information content (AvgIpc) is 2.78. The lowest BCUT2D eigenvalue weighted by Crippen LogP contribution is -2.29. The van der Waals surface area contributed by atoms with Crippen LogP contribution in [0, 0.1) is 6.92 Å². The molecule has 1 aromatic heterocycles. The molecule has 0 aliphatic carbocycles. The van der Waals surface area contributed by atoms with E-state index in [2.05, 4.69) is 19.2 Å². The standard InChI is InChI=1S/C14H26N2O3S2/c1-6-19-8-7-16(5)21(17,18)14-9-12(4)13(20-14)10-15-11(2)3/h9,11,15H,6-8,10H2,1-5H3. The zero-order chi connectivity index (χ0) is 16.0. The Hall–Kier alpha value is -0.470. The number of rotatable bonds is 9. The van der Waals surface area contributed by atoms with E-state index in [9.17, 15) is 8.42 Å². The lowest BCUT2D eigenvalue weighted by Gasteiger charge is -2.15. The van der Waals surface area contributed by atoms with Crippen LogP contribution in [0.4, 0.5) is 0 Å². The van der Waals surface area contributed by atoms with Gasteiger partial charge in [-0.15, -0.1) is 11.3 Å². The Morgan fingerprint density at radius 1 is 1.43 bits per heavy atom. The van der Waals surface area contributed by atoms with Gasteiger partial charge in [0.2, 0.25) is 0 Å². The van der Waals surface area contributed by atoms with Crippen LogP contribution in [0.25, 0.3) is 0 Å². The average molecular weight is 335 g/mol. The summed E-state index contributed by atoms with van der Waals surface area (Å²) in [6, 6.07) is 2.13. The van der Waals surface area contributed by atoms with Gasteiger partial charge in [-0.2, -0.15) is 4.31 Å². The third-order valence-corrected chi connectivity index (χ3v) is 6.63. The molecule has 0 radical (unpaired) electrons. The number of nitrogens with zero attached hydrogens (tertiary/aromatic N) is 1. The normalized spacial score (nSPS) is 12.5. The van der Waals surface area contributed by atoms with Gasteiger partial charge in [0.1, 0.15) is 4.21 Å². The van der Waals surface area contributed by atoms with Crippen molar-refractivity contribution in [2.24, 2.45) is 0 Å². The van der Waals surface area contributed by atoms with E-state index in [0.29, 0.717) is 36.6 Å². The molecule has 21 heavy (non-hydrogen) atoms. The highest BCUT2D eigenvalue weighted by atomic mass is 32.2. The number of sulfonamides is 1. The van der Waals surface area contributed by atoms with Crippen LogP contribution in [0.1, 0.15) is 31.2 Å². The number of ether oxygens (including phenoxy) is 1. The van der Waals surface area contributed by atoms with Gasteiger partial charge in [-0.1, -0.05) is 13.8 Å². The van der Waals surface area contributed by atoms with Crippen molar-refractivity contribution >= 4 is 21.4 Å². The zero-order valence-electron chi connectivity index (χ0n) is 13.5. The van der Waals surface area contributed by atoms with E-state index in [-0.39, 0.29) is 0 Å². The van der Waals surface area contributed by atoms with Crippen molar-refractivity contribution in [3.8, 4) is 0 Å². The molecule has 0 atom stereocenters. The first-order chi connectivity index (χ1) is 9.78. The number of nitrogens with one attached hydrogen (secondary N) is 1. The Labute approximate surface area is 132 Å². The lowest BCUT2D eigenvalue weighted by atomic mass is 10.3. The van der Waals surface area contributed by atoms with Crippen molar-refractivity contribution in [3.05, 3.63) is 16.5 Å². The summed E-state index contributed by atoms with van der Waals surface area (Å²) in [5, 5.41) is 3.32. The Morgan fingerprint density at radius 3 is 2.67 bits per heavy atom. The van der Waals surface area contributed by atoms with Crippen LogP contribution in [0.5, 0.6) is 0 Å². The highest BCUT2D eigenvalue weighted by molar-refractivity contribution is 7.91. The molecule has 0 bridgehead atoms. The van der Waals surface area contributed by atoms with Gasteiger partial charge in [-0.3, -0.25) is 0 Å². The van der Waals surface area contributed by atoms with E-state index in [1.54, 1.807) is 13.1 Å². The Kier molecular flexibility index (Phi) is 7.29. The molecule has 1 aromatic rings. The van der Waals surface area contributed by atoms with E-state index in [0.717, 1.165) is 10.4 Å². The maximum absolute atomic E-state index is 12.5. The summed E-state index contributed by atoms with van der Waals surface area (Å²) in [7, 11) is -1.82.